The molecule has 82 valence electrons. The average Bonchev–Trinajstić information content (AvgIpc) is 2.20. The lowest BCUT2D eigenvalue weighted by atomic mass is 10.1. The van der Waals surface area contributed by atoms with Crippen LogP contribution in [0.2, 0.25) is 0 Å². The first kappa shape index (κ1) is 15.6. The van der Waals surface area contributed by atoms with E-state index < -0.39 is 0 Å². The summed E-state index contributed by atoms with van der Waals surface area (Å²) in [6.45, 7) is 9.93. The third-order valence-corrected chi connectivity index (χ3v) is 1.48. The largest absolute Gasteiger partial charge is 0.319 e. The summed E-state index contributed by atoms with van der Waals surface area (Å²) in [5.41, 5.74) is 0.655. The number of rotatable bonds is 5. The van der Waals surface area contributed by atoms with E-state index >= 15 is 0 Å². The summed E-state index contributed by atoms with van der Waals surface area (Å²) in [5.74, 6) is -0.344. The van der Waals surface area contributed by atoms with E-state index in [0.29, 0.717) is 12.0 Å². The minimum Gasteiger partial charge on any atom is -0.319 e. The van der Waals surface area contributed by atoms with Gasteiger partial charge >= 0.3 is 0 Å². The van der Waals surface area contributed by atoms with Gasteiger partial charge in [0.15, 0.2) is 0 Å². The smallest absolute Gasteiger partial charge is 0.119 e. The van der Waals surface area contributed by atoms with E-state index in [4.69, 9.17) is 0 Å². The lowest BCUT2D eigenvalue weighted by Crippen LogP contribution is -2.08. The fraction of sp³-hybridized carbons (Fsp3) is 0.500. The maximum atomic E-state index is 12.7. The van der Waals surface area contributed by atoms with Gasteiger partial charge in [-0.15, -0.1) is 0 Å². The Morgan fingerprint density at radius 1 is 1.43 bits per heavy atom. The molecular formula is C12H22FN. The summed E-state index contributed by atoms with van der Waals surface area (Å²) in [5, 5.41) is 2.96. The second-order valence-electron chi connectivity index (χ2n) is 2.48. The lowest BCUT2D eigenvalue weighted by Gasteiger charge is -2.01. The van der Waals surface area contributed by atoms with Crippen molar-refractivity contribution in [1.29, 1.82) is 0 Å². The highest BCUT2D eigenvalue weighted by Gasteiger charge is 1.98. The van der Waals surface area contributed by atoms with Gasteiger partial charge in [-0.3, -0.25) is 0 Å². The molecule has 0 spiro atoms. The molecule has 0 bridgehead atoms. The van der Waals surface area contributed by atoms with Gasteiger partial charge in [-0.25, -0.2) is 4.39 Å². The molecule has 0 heterocycles. The predicted octanol–water partition coefficient (Wildman–Crippen LogP) is 3.61. The van der Waals surface area contributed by atoms with Gasteiger partial charge in [0.25, 0.3) is 0 Å². The normalized spacial score (nSPS) is 11.1. The molecule has 0 aliphatic rings. The maximum absolute atomic E-state index is 12.7. The third kappa shape index (κ3) is 9.20. The summed E-state index contributed by atoms with van der Waals surface area (Å²) in [6, 6.07) is 0. The van der Waals surface area contributed by atoms with Crippen LogP contribution in [0.3, 0.4) is 0 Å². The van der Waals surface area contributed by atoms with Crippen LogP contribution in [0.15, 0.2) is 36.2 Å². The van der Waals surface area contributed by atoms with Gasteiger partial charge < -0.3 is 5.32 Å². The molecule has 0 aromatic carbocycles. The molecule has 0 atom stereocenters. The van der Waals surface area contributed by atoms with Crippen molar-refractivity contribution in [3.8, 4) is 0 Å². The molecule has 14 heavy (non-hydrogen) atoms. The summed E-state index contributed by atoms with van der Waals surface area (Å²) >= 11 is 0. The first-order valence-corrected chi connectivity index (χ1v) is 5.03. The number of allylic oxidation sites excluding steroid dienone is 4. The molecular weight excluding hydrogens is 177 g/mol. The van der Waals surface area contributed by atoms with E-state index in [9.17, 15) is 4.39 Å². The Morgan fingerprint density at radius 2 is 2.00 bits per heavy atom. The van der Waals surface area contributed by atoms with E-state index in [0.717, 1.165) is 6.54 Å². The van der Waals surface area contributed by atoms with Crippen LogP contribution in [-0.2, 0) is 0 Å². The van der Waals surface area contributed by atoms with Crippen LogP contribution in [0, 0.1) is 0 Å². The number of hydrogen-bond acceptors (Lipinski definition) is 1. The molecule has 1 N–H and O–H groups in total. The highest BCUT2D eigenvalue weighted by molar-refractivity contribution is 5.26. The van der Waals surface area contributed by atoms with Gasteiger partial charge in [0.1, 0.15) is 5.83 Å². The lowest BCUT2D eigenvalue weighted by molar-refractivity contribution is 0.636. The van der Waals surface area contributed by atoms with Crippen molar-refractivity contribution >= 4 is 0 Å². The molecule has 0 saturated heterocycles. The molecule has 0 saturated carbocycles. The maximum Gasteiger partial charge on any atom is 0.119 e. The zero-order chi connectivity index (χ0) is 11.4. The summed E-state index contributed by atoms with van der Waals surface area (Å²) in [6.07, 6.45) is 6.11. The highest BCUT2D eigenvalue weighted by atomic mass is 19.1. The Hall–Kier alpha value is -0.890. The van der Waals surface area contributed by atoms with Gasteiger partial charge in [-0.1, -0.05) is 38.7 Å². The first-order chi connectivity index (χ1) is 6.72. The van der Waals surface area contributed by atoms with E-state index in [1.165, 1.54) is 0 Å². The van der Waals surface area contributed by atoms with E-state index in [2.05, 4.69) is 11.9 Å². The Morgan fingerprint density at radius 3 is 2.36 bits per heavy atom. The molecule has 0 aliphatic carbocycles. The molecule has 0 aliphatic heterocycles. The van der Waals surface area contributed by atoms with Crippen LogP contribution in [0.5, 0.6) is 0 Å². The van der Waals surface area contributed by atoms with Crippen molar-refractivity contribution in [1.82, 2.24) is 5.32 Å². The van der Waals surface area contributed by atoms with Crippen LogP contribution in [-0.4, -0.2) is 13.6 Å². The molecule has 2 heteroatoms. The molecule has 1 nitrogen and oxygen atoms in total. The zero-order valence-electron chi connectivity index (χ0n) is 9.73. The summed E-state index contributed by atoms with van der Waals surface area (Å²) in [4.78, 5) is 0. The van der Waals surface area contributed by atoms with E-state index in [-0.39, 0.29) is 5.83 Å². The first-order valence-electron chi connectivity index (χ1n) is 5.03. The molecule has 0 aromatic heterocycles. The van der Waals surface area contributed by atoms with Crippen molar-refractivity contribution in [2.45, 2.75) is 27.2 Å². The second kappa shape index (κ2) is 12.1. The quantitative estimate of drug-likeness (QED) is 0.667. The fourth-order valence-corrected chi connectivity index (χ4v) is 0.781. The van der Waals surface area contributed by atoms with Crippen molar-refractivity contribution < 1.29 is 4.39 Å². The molecule has 0 aromatic rings. The van der Waals surface area contributed by atoms with Crippen LogP contribution >= 0.6 is 0 Å². The van der Waals surface area contributed by atoms with Crippen LogP contribution in [0.1, 0.15) is 27.2 Å². The van der Waals surface area contributed by atoms with Crippen molar-refractivity contribution in [3.63, 3.8) is 0 Å². The Bertz CT molecular complexity index is 192. The summed E-state index contributed by atoms with van der Waals surface area (Å²) < 4.78 is 12.7. The monoisotopic (exact) mass is 199 g/mol. The number of nitrogens with one attached hydrogen (secondary N) is 1. The molecule has 0 radical (unpaired) electrons. The molecule has 0 fully saturated rings. The molecule has 0 amide bonds. The second-order valence-corrected chi connectivity index (χ2v) is 2.48. The van der Waals surface area contributed by atoms with Crippen molar-refractivity contribution in [2.75, 3.05) is 13.6 Å². The molecule has 0 unspecified atom stereocenters. The number of halogens is 1. The Balaban J connectivity index is 0. The van der Waals surface area contributed by atoms with Gasteiger partial charge in [0.05, 0.1) is 0 Å². The van der Waals surface area contributed by atoms with Gasteiger partial charge in [0, 0.05) is 0 Å². The summed E-state index contributed by atoms with van der Waals surface area (Å²) in [7, 11) is 1.84. The Labute approximate surface area is 87.4 Å². The third-order valence-electron chi connectivity index (χ3n) is 1.48. The minimum atomic E-state index is -0.344. The van der Waals surface area contributed by atoms with Gasteiger partial charge in [-0.05, 0) is 32.5 Å². The average molecular weight is 199 g/mol. The van der Waals surface area contributed by atoms with Crippen molar-refractivity contribution in [2.24, 2.45) is 0 Å². The topological polar surface area (TPSA) is 12.0 Å². The number of hydrogen-bond donors (Lipinski definition) is 1. The van der Waals surface area contributed by atoms with Gasteiger partial charge in [-0.2, -0.15) is 0 Å². The van der Waals surface area contributed by atoms with Crippen molar-refractivity contribution in [3.05, 3.63) is 36.2 Å². The van der Waals surface area contributed by atoms with Crippen LogP contribution < -0.4 is 5.32 Å². The minimum absolute atomic E-state index is 0.344. The zero-order valence-corrected chi connectivity index (χ0v) is 9.73. The van der Waals surface area contributed by atoms with E-state index in [1.807, 2.05) is 40.0 Å². The van der Waals surface area contributed by atoms with Crippen LogP contribution in [0.25, 0.3) is 0 Å². The van der Waals surface area contributed by atoms with Crippen LogP contribution in [0.4, 0.5) is 4.39 Å². The predicted molar refractivity (Wildman–Crippen MR) is 63.0 cm³/mol. The Kier molecular flexibility index (Phi) is 13.5. The fourth-order valence-electron chi connectivity index (χ4n) is 0.781. The standard InChI is InChI=1S/C10H16FN.C2H6/c1-4-5-6-10(9(2)11)7-8-12-3;1-2/h4-6,12H,2,7-8H2,1,3H3;1-2H3/b5-4-,10-6-;. The van der Waals surface area contributed by atoms with Gasteiger partial charge in [0.2, 0.25) is 0 Å². The van der Waals surface area contributed by atoms with E-state index in [1.54, 1.807) is 6.08 Å². The SMILES string of the molecule is C=C(F)/C(=C\C=C/C)CCNC.CC. The molecule has 0 rings (SSSR count). The highest BCUT2D eigenvalue weighted by Crippen LogP contribution is 2.12.